The zero-order chi connectivity index (χ0) is 21.6. The highest BCUT2D eigenvalue weighted by Crippen LogP contribution is 2.38. The molecule has 3 aromatic rings. The number of anilines is 1. The van der Waals surface area contributed by atoms with Crippen molar-refractivity contribution in [2.24, 2.45) is 0 Å². The van der Waals surface area contributed by atoms with Crippen LogP contribution in [0.3, 0.4) is 0 Å². The fraction of sp³-hybridized carbons (Fsp3) is 0.304. The summed E-state index contributed by atoms with van der Waals surface area (Å²) in [6.45, 7) is 0. The van der Waals surface area contributed by atoms with Crippen LogP contribution in [0.15, 0.2) is 47.8 Å². The number of thiophene rings is 1. The van der Waals surface area contributed by atoms with Gasteiger partial charge in [0.15, 0.2) is 0 Å². The molecule has 8 heteroatoms. The van der Waals surface area contributed by atoms with Gasteiger partial charge in [0.05, 0.1) is 23.4 Å². The average molecular weight is 454 g/mol. The van der Waals surface area contributed by atoms with Gasteiger partial charge in [-0.25, -0.2) is 14.8 Å². The minimum atomic E-state index is -0.376. The van der Waals surface area contributed by atoms with Gasteiger partial charge in [0.25, 0.3) is 0 Å². The summed E-state index contributed by atoms with van der Waals surface area (Å²) in [4.78, 5) is 34.7. The first-order chi connectivity index (χ1) is 15.2. The van der Waals surface area contributed by atoms with E-state index in [1.165, 1.54) is 35.1 Å². The summed E-state index contributed by atoms with van der Waals surface area (Å²) in [6, 6.07) is 11.8. The van der Waals surface area contributed by atoms with Gasteiger partial charge < -0.3 is 10.1 Å². The largest absolute Gasteiger partial charge is 0.465 e. The van der Waals surface area contributed by atoms with Crippen molar-refractivity contribution in [3.63, 3.8) is 0 Å². The highest BCUT2D eigenvalue weighted by Gasteiger charge is 2.26. The molecule has 4 rings (SSSR count). The third kappa shape index (κ3) is 5.14. The van der Waals surface area contributed by atoms with Crippen LogP contribution in [0.5, 0.6) is 0 Å². The Kier molecular flexibility index (Phi) is 6.99. The molecule has 160 valence electrons. The maximum atomic E-state index is 12.6. The number of thioether (sulfide) groups is 1. The molecule has 0 saturated carbocycles. The number of amides is 1. The quantitative estimate of drug-likeness (QED) is 0.308. The lowest BCUT2D eigenvalue weighted by Gasteiger charge is -2.11. The van der Waals surface area contributed by atoms with Gasteiger partial charge in [0, 0.05) is 22.6 Å². The number of hydrogen-bond acceptors (Lipinski definition) is 7. The van der Waals surface area contributed by atoms with Crippen LogP contribution < -0.4 is 5.32 Å². The van der Waals surface area contributed by atoms with E-state index in [-0.39, 0.29) is 11.9 Å². The summed E-state index contributed by atoms with van der Waals surface area (Å²) in [6.07, 6.45) is 5.85. The normalized spacial score (nSPS) is 12.8. The molecule has 2 heterocycles. The molecule has 31 heavy (non-hydrogen) atoms. The number of nitrogens with one attached hydrogen (secondary N) is 1. The van der Waals surface area contributed by atoms with Crippen molar-refractivity contribution in [3.05, 3.63) is 58.7 Å². The Morgan fingerprint density at radius 1 is 1.16 bits per heavy atom. The van der Waals surface area contributed by atoms with Gasteiger partial charge in [-0.3, -0.25) is 4.79 Å². The van der Waals surface area contributed by atoms with E-state index in [1.54, 1.807) is 6.33 Å². The van der Waals surface area contributed by atoms with Crippen molar-refractivity contribution in [2.75, 3.05) is 18.2 Å². The van der Waals surface area contributed by atoms with Crippen molar-refractivity contribution >= 4 is 40.0 Å². The SMILES string of the molecule is COC(=O)c1c(NC(=O)CCSc2cc(-c3ccccc3)ncn2)sc2c1CCCC2. The van der Waals surface area contributed by atoms with E-state index in [4.69, 9.17) is 4.74 Å². The Morgan fingerprint density at radius 2 is 1.97 bits per heavy atom. The third-order valence-electron chi connectivity index (χ3n) is 5.10. The van der Waals surface area contributed by atoms with E-state index in [9.17, 15) is 9.59 Å². The topological polar surface area (TPSA) is 81.2 Å². The summed E-state index contributed by atoms with van der Waals surface area (Å²) in [5.74, 6) is 0.0857. The van der Waals surface area contributed by atoms with Crippen molar-refractivity contribution < 1.29 is 14.3 Å². The van der Waals surface area contributed by atoms with Crippen molar-refractivity contribution in [3.8, 4) is 11.3 Å². The molecule has 0 spiro atoms. The van der Waals surface area contributed by atoms with Gasteiger partial charge in [-0.05, 0) is 37.3 Å². The predicted molar refractivity (Wildman–Crippen MR) is 124 cm³/mol. The van der Waals surface area contributed by atoms with Crippen LogP contribution in [0, 0.1) is 0 Å². The average Bonchev–Trinajstić information content (AvgIpc) is 3.17. The number of methoxy groups -OCH3 is 1. The highest BCUT2D eigenvalue weighted by molar-refractivity contribution is 7.99. The van der Waals surface area contributed by atoms with Gasteiger partial charge in [-0.15, -0.1) is 23.1 Å². The fourth-order valence-corrected chi connectivity index (χ4v) is 5.70. The standard InChI is InChI=1S/C23H23N3O3S2/c1-29-23(28)21-16-9-5-6-10-18(16)31-22(21)26-19(27)11-12-30-20-13-17(24-14-25-20)15-7-3-2-4-8-15/h2-4,7-8,13-14H,5-6,9-12H2,1H3,(H,26,27). The third-order valence-corrected chi connectivity index (χ3v) is 7.24. The Morgan fingerprint density at radius 3 is 2.77 bits per heavy atom. The fourth-order valence-electron chi connectivity index (χ4n) is 3.59. The van der Waals surface area contributed by atoms with E-state index < -0.39 is 0 Å². The van der Waals surface area contributed by atoms with Crippen LogP contribution in [-0.4, -0.2) is 34.7 Å². The van der Waals surface area contributed by atoms with E-state index in [0.29, 0.717) is 22.7 Å². The Bertz CT molecular complexity index is 1080. The van der Waals surface area contributed by atoms with E-state index in [2.05, 4.69) is 15.3 Å². The van der Waals surface area contributed by atoms with E-state index in [0.717, 1.165) is 47.5 Å². The predicted octanol–water partition coefficient (Wildman–Crippen LogP) is 4.99. The van der Waals surface area contributed by atoms with Crippen LogP contribution in [0.2, 0.25) is 0 Å². The molecule has 0 atom stereocenters. The summed E-state index contributed by atoms with van der Waals surface area (Å²) in [5, 5.41) is 4.37. The summed E-state index contributed by atoms with van der Waals surface area (Å²) in [7, 11) is 1.38. The molecule has 2 aromatic heterocycles. The zero-order valence-electron chi connectivity index (χ0n) is 17.2. The number of esters is 1. The Hall–Kier alpha value is -2.71. The van der Waals surface area contributed by atoms with Crippen LogP contribution >= 0.6 is 23.1 Å². The number of rotatable bonds is 7. The molecule has 6 nitrogen and oxygen atoms in total. The second-order valence-corrected chi connectivity index (χ2v) is 9.38. The maximum absolute atomic E-state index is 12.6. The lowest BCUT2D eigenvalue weighted by atomic mass is 9.95. The number of aromatic nitrogens is 2. The van der Waals surface area contributed by atoms with Crippen LogP contribution in [0.4, 0.5) is 5.00 Å². The van der Waals surface area contributed by atoms with Gasteiger partial charge in [-0.2, -0.15) is 0 Å². The molecule has 0 bridgehead atoms. The highest BCUT2D eigenvalue weighted by atomic mass is 32.2. The molecule has 1 aliphatic carbocycles. The van der Waals surface area contributed by atoms with E-state index in [1.807, 2.05) is 36.4 Å². The van der Waals surface area contributed by atoms with Gasteiger partial charge >= 0.3 is 5.97 Å². The number of carbonyl (C=O) groups is 2. The number of fused-ring (bicyclic) bond motifs is 1. The first-order valence-electron chi connectivity index (χ1n) is 10.2. The summed E-state index contributed by atoms with van der Waals surface area (Å²) >= 11 is 3.01. The molecular weight excluding hydrogens is 430 g/mol. The molecule has 1 amide bonds. The Labute approximate surface area is 189 Å². The first-order valence-corrected chi connectivity index (χ1v) is 12.0. The lowest BCUT2D eigenvalue weighted by Crippen LogP contribution is -2.15. The van der Waals surface area contributed by atoms with Crippen LogP contribution in [-0.2, 0) is 22.4 Å². The van der Waals surface area contributed by atoms with Crippen molar-refractivity contribution in [1.29, 1.82) is 0 Å². The minimum Gasteiger partial charge on any atom is -0.465 e. The molecule has 0 unspecified atom stereocenters. The minimum absolute atomic E-state index is 0.117. The maximum Gasteiger partial charge on any atom is 0.341 e. The van der Waals surface area contributed by atoms with Gasteiger partial charge in [0.2, 0.25) is 5.91 Å². The molecule has 0 fully saturated rings. The molecule has 1 aromatic carbocycles. The number of aryl methyl sites for hydroxylation is 1. The number of benzene rings is 1. The van der Waals surface area contributed by atoms with Crippen LogP contribution in [0.25, 0.3) is 11.3 Å². The molecule has 0 saturated heterocycles. The second-order valence-electron chi connectivity index (χ2n) is 7.16. The zero-order valence-corrected chi connectivity index (χ0v) is 18.9. The molecule has 1 N–H and O–H groups in total. The smallest absolute Gasteiger partial charge is 0.341 e. The number of ether oxygens (including phenoxy) is 1. The van der Waals surface area contributed by atoms with Crippen LogP contribution in [0.1, 0.15) is 40.1 Å². The number of hydrogen-bond donors (Lipinski definition) is 1. The number of nitrogens with zero attached hydrogens (tertiary/aromatic N) is 2. The monoisotopic (exact) mass is 453 g/mol. The molecule has 0 radical (unpaired) electrons. The Balaban J connectivity index is 1.37. The molecular formula is C23H23N3O3S2. The van der Waals surface area contributed by atoms with Crippen molar-refractivity contribution in [2.45, 2.75) is 37.1 Å². The second kappa shape index (κ2) is 10.1. The van der Waals surface area contributed by atoms with Gasteiger partial charge in [0.1, 0.15) is 11.3 Å². The molecule has 1 aliphatic rings. The number of carbonyl (C=O) groups excluding carboxylic acids is 2. The van der Waals surface area contributed by atoms with E-state index >= 15 is 0 Å². The lowest BCUT2D eigenvalue weighted by molar-refractivity contribution is -0.115. The summed E-state index contributed by atoms with van der Waals surface area (Å²) in [5.41, 5.74) is 3.46. The van der Waals surface area contributed by atoms with Crippen molar-refractivity contribution in [1.82, 2.24) is 9.97 Å². The first kappa shape index (κ1) is 21.5. The molecule has 0 aliphatic heterocycles. The summed E-state index contributed by atoms with van der Waals surface area (Å²) < 4.78 is 4.97. The van der Waals surface area contributed by atoms with Gasteiger partial charge in [-0.1, -0.05) is 30.3 Å².